The van der Waals surface area contributed by atoms with Crippen LogP contribution in [0.1, 0.15) is 12.5 Å². The Morgan fingerprint density at radius 3 is 2.45 bits per heavy atom. The van der Waals surface area contributed by atoms with Crippen LogP contribution < -0.4 is 0 Å². The molecule has 0 aliphatic carbocycles. The molecule has 20 heavy (non-hydrogen) atoms. The second kappa shape index (κ2) is 6.02. The Morgan fingerprint density at radius 1 is 1.10 bits per heavy atom. The van der Waals surface area contributed by atoms with Crippen molar-refractivity contribution < 1.29 is 8.78 Å². The summed E-state index contributed by atoms with van der Waals surface area (Å²) >= 11 is 5.70. The summed E-state index contributed by atoms with van der Waals surface area (Å²) in [6, 6.07) is 8.88. The van der Waals surface area contributed by atoms with Gasteiger partial charge >= 0.3 is 0 Å². The lowest BCUT2D eigenvalue weighted by molar-refractivity contribution is 0.622. The van der Waals surface area contributed by atoms with Crippen molar-refractivity contribution in [3.63, 3.8) is 0 Å². The molecule has 0 saturated carbocycles. The van der Waals surface area contributed by atoms with E-state index in [0.29, 0.717) is 27.3 Å². The molecule has 0 saturated heterocycles. The first-order valence-electron chi connectivity index (χ1n) is 6.10. The number of benzene rings is 2. The third kappa shape index (κ3) is 2.97. The molecule has 2 rings (SSSR count). The van der Waals surface area contributed by atoms with Crippen LogP contribution in [0, 0.1) is 11.6 Å². The van der Waals surface area contributed by atoms with Crippen LogP contribution >= 0.6 is 11.6 Å². The lowest BCUT2D eigenvalue weighted by Gasteiger charge is -2.08. The summed E-state index contributed by atoms with van der Waals surface area (Å²) in [5, 5.41) is 0.310. The first-order valence-corrected chi connectivity index (χ1v) is 6.47. The average molecular weight is 291 g/mol. The van der Waals surface area contributed by atoms with Gasteiger partial charge < -0.3 is 0 Å². The van der Waals surface area contributed by atoms with Gasteiger partial charge in [0, 0.05) is 16.1 Å². The second-order valence-corrected chi connectivity index (χ2v) is 4.78. The molecule has 0 aliphatic heterocycles. The van der Waals surface area contributed by atoms with Crippen LogP contribution in [0.2, 0.25) is 5.02 Å². The van der Waals surface area contributed by atoms with Crippen molar-refractivity contribution in [2.24, 2.45) is 0 Å². The van der Waals surface area contributed by atoms with Gasteiger partial charge in [0.25, 0.3) is 0 Å². The zero-order valence-electron chi connectivity index (χ0n) is 11.0. The third-order valence-electron chi connectivity index (χ3n) is 2.93. The molecular weight excluding hydrogens is 278 g/mol. The van der Waals surface area contributed by atoms with Crippen molar-refractivity contribution in [1.82, 2.24) is 0 Å². The highest BCUT2D eigenvalue weighted by Gasteiger charge is 2.10. The van der Waals surface area contributed by atoms with Gasteiger partial charge in [0.15, 0.2) is 0 Å². The smallest absolute Gasteiger partial charge is 0.132 e. The summed E-state index contributed by atoms with van der Waals surface area (Å²) in [6.07, 6.45) is 3.51. The standard InChI is InChI=1S/C17H13ClF2/c1-3-4-11(2)14-7-5-12(9-16(14)19)15-8-6-13(18)10-17(15)20/h3-10H,2H2,1H3/b4-3-. The van der Waals surface area contributed by atoms with E-state index in [1.165, 1.54) is 18.2 Å². The quantitative estimate of drug-likeness (QED) is 0.620. The number of halogens is 3. The minimum absolute atomic E-state index is 0.310. The van der Waals surface area contributed by atoms with E-state index in [1.54, 1.807) is 30.4 Å². The van der Waals surface area contributed by atoms with E-state index in [2.05, 4.69) is 6.58 Å². The molecule has 0 unspecified atom stereocenters. The lowest BCUT2D eigenvalue weighted by Crippen LogP contribution is -1.90. The molecule has 0 spiro atoms. The van der Waals surface area contributed by atoms with Gasteiger partial charge in [-0.05, 0) is 42.3 Å². The van der Waals surface area contributed by atoms with Gasteiger partial charge in [0.05, 0.1) is 0 Å². The van der Waals surface area contributed by atoms with Crippen molar-refractivity contribution >= 4 is 17.2 Å². The Hall–Kier alpha value is -1.93. The van der Waals surface area contributed by atoms with Gasteiger partial charge in [-0.2, -0.15) is 0 Å². The zero-order valence-corrected chi connectivity index (χ0v) is 11.7. The predicted octanol–water partition coefficient (Wildman–Crippen LogP) is 5.87. The van der Waals surface area contributed by atoms with Crippen molar-refractivity contribution in [3.05, 3.63) is 77.3 Å². The molecule has 2 aromatic carbocycles. The maximum Gasteiger partial charge on any atom is 0.132 e. The zero-order chi connectivity index (χ0) is 14.7. The molecule has 2 aromatic rings. The van der Waals surface area contributed by atoms with E-state index in [1.807, 2.05) is 6.92 Å². The Morgan fingerprint density at radius 2 is 1.85 bits per heavy atom. The summed E-state index contributed by atoms with van der Waals surface area (Å²) < 4.78 is 27.9. The van der Waals surface area contributed by atoms with Crippen LogP contribution in [-0.2, 0) is 0 Å². The van der Waals surface area contributed by atoms with E-state index in [4.69, 9.17) is 11.6 Å². The van der Waals surface area contributed by atoms with Gasteiger partial charge in [-0.1, -0.05) is 42.5 Å². The second-order valence-electron chi connectivity index (χ2n) is 4.34. The SMILES string of the molecule is C=C(/C=C\C)c1ccc(-c2ccc(Cl)cc2F)cc1F. The predicted molar refractivity (Wildman–Crippen MR) is 80.7 cm³/mol. The molecule has 0 heterocycles. The molecule has 0 bridgehead atoms. The van der Waals surface area contributed by atoms with Gasteiger partial charge in [-0.3, -0.25) is 0 Å². The van der Waals surface area contributed by atoms with Crippen molar-refractivity contribution in [1.29, 1.82) is 0 Å². The first-order chi connectivity index (χ1) is 9.52. The summed E-state index contributed by atoms with van der Waals surface area (Å²) in [7, 11) is 0. The Labute approximate surface area is 122 Å². The Bertz CT molecular complexity index is 687. The molecule has 0 atom stereocenters. The molecule has 0 N–H and O–H groups in total. The van der Waals surface area contributed by atoms with Crippen LogP contribution in [0.25, 0.3) is 16.7 Å². The van der Waals surface area contributed by atoms with Crippen LogP contribution in [-0.4, -0.2) is 0 Å². The largest absolute Gasteiger partial charge is 0.206 e. The number of hydrogen-bond donors (Lipinski definition) is 0. The molecule has 0 radical (unpaired) electrons. The highest BCUT2D eigenvalue weighted by Crippen LogP contribution is 2.28. The number of allylic oxidation sites excluding steroid dienone is 3. The van der Waals surface area contributed by atoms with E-state index in [9.17, 15) is 8.78 Å². The molecular formula is C17H13ClF2. The number of rotatable bonds is 3. The summed E-state index contributed by atoms with van der Waals surface area (Å²) in [6.45, 7) is 5.62. The Kier molecular flexibility index (Phi) is 4.35. The van der Waals surface area contributed by atoms with Crippen molar-refractivity contribution in [2.45, 2.75) is 6.92 Å². The minimum atomic E-state index is -0.475. The van der Waals surface area contributed by atoms with Gasteiger partial charge in [-0.15, -0.1) is 0 Å². The fourth-order valence-corrected chi connectivity index (χ4v) is 2.12. The lowest BCUT2D eigenvalue weighted by atomic mass is 10.00. The van der Waals surface area contributed by atoms with E-state index < -0.39 is 11.6 Å². The fourth-order valence-electron chi connectivity index (χ4n) is 1.96. The average Bonchev–Trinajstić information content (AvgIpc) is 2.38. The van der Waals surface area contributed by atoms with Crippen LogP contribution in [0.4, 0.5) is 8.78 Å². The summed E-state index contributed by atoms with van der Waals surface area (Å²) in [4.78, 5) is 0. The molecule has 0 aromatic heterocycles. The highest BCUT2D eigenvalue weighted by molar-refractivity contribution is 6.30. The summed E-state index contributed by atoms with van der Waals surface area (Å²) in [5.41, 5.74) is 1.76. The highest BCUT2D eigenvalue weighted by atomic mass is 35.5. The monoisotopic (exact) mass is 290 g/mol. The van der Waals surface area contributed by atoms with Gasteiger partial charge in [-0.25, -0.2) is 8.78 Å². The molecule has 102 valence electrons. The molecule has 0 aliphatic rings. The first kappa shape index (κ1) is 14.5. The van der Waals surface area contributed by atoms with Crippen LogP contribution in [0.15, 0.2) is 55.1 Å². The van der Waals surface area contributed by atoms with E-state index in [0.717, 1.165) is 0 Å². The van der Waals surface area contributed by atoms with Gasteiger partial charge in [0.1, 0.15) is 11.6 Å². The third-order valence-corrected chi connectivity index (χ3v) is 3.16. The molecule has 0 fully saturated rings. The fraction of sp³-hybridized carbons (Fsp3) is 0.0588. The molecule has 3 heteroatoms. The summed E-state index contributed by atoms with van der Waals surface area (Å²) in [5.74, 6) is -0.906. The van der Waals surface area contributed by atoms with Crippen molar-refractivity contribution in [3.8, 4) is 11.1 Å². The molecule has 0 amide bonds. The van der Waals surface area contributed by atoms with E-state index >= 15 is 0 Å². The normalized spacial score (nSPS) is 11.0. The van der Waals surface area contributed by atoms with Crippen LogP contribution in [0.3, 0.4) is 0 Å². The van der Waals surface area contributed by atoms with Crippen molar-refractivity contribution in [2.75, 3.05) is 0 Å². The maximum atomic E-state index is 14.1. The Balaban J connectivity index is 2.45. The minimum Gasteiger partial charge on any atom is -0.206 e. The van der Waals surface area contributed by atoms with Crippen LogP contribution in [0.5, 0.6) is 0 Å². The van der Waals surface area contributed by atoms with E-state index in [-0.39, 0.29) is 0 Å². The van der Waals surface area contributed by atoms with Gasteiger partial charge in [0.2, 0.25) is 0 Å². The molecule has 0 nitrogen and oxygen atoms in total. The maximum absolute atomic E-state index is 14.1. The topological polar surface area (TPSA) is 0 Å². The number of hydrogen-bond acceptors (Lipinski definition) is 0.